The lowest BCUT2D eigenvalue weighted by atomic mass is 10.0. The molecule has 0 bridgehead atoms. The number of rotatable bonds is 6. The summed E-state index contributed by atoms with van der Waals surface area (Å²) in [4.78, 5) is 1.32. The number of benzene rings is 1. The van der Waals surface area contributed by atoms with Crippen LogP contribution in [0.2, 0.25) is 0 Å². The number of aliphatic hydroxyl groups is 1. The second kappa shape index (κ2) is 6.73. The quantitative estimate of drug-likeness (QED) is 0.856. The highest BCUT2D eigenvalue weighted by Gasteiger charge is 2.08. The lowest BCUT2D eigenvalue weighted by Gasteiger charge is -2.13. The molecular weight excluding hydrogens is 256 g/mol. The van der Waals surface area contributed by atoms with Gasteiger partial charge in [-0.05, 0) is 55.8 Å². The van der Waals surface area contributed by atoms with Crippen LogP contribution in [0.1, 0.15) is 36.8 Å². The van der Waals surface area contributed by atoms with Crippen molar-refractivity contribution in [2.75, 3.05) is 0 Å². The van der Waals surface area contributed by atoms with E-state index in [0.29, 0.717) is 0 Å². The lowest BCUT2D eigenvalue weighted by molar-refractivity contribution is 0.168. The van der Waals surface area contributed by atoms with Gasteiger partial charge in [0.2, 0.25) is 0 Å². The van der Waals surface area contributed by atoms with Crippen LogP contribution in [-0.4, -0.2) is 11.2 Å². The molecule has 3 heteroatoms. The maximum Gasteiger partial charge on any atom is 0.119 e. The first kappa shape index (κ1) is 14.1. The minimum atomic E-state index is -0.407. The third-order valence-electron chi connectivity index (χ3n) is 2.88. The molecule has 1 N–H and O–H groups in total. The Morgan fingerprint density at radius 2 is 1.89 bits per heavy atom. The lowest BCUT2D eigenvalue weighted by Crippen LogP contribution is -2.05. The summed E-state index contributed by atoms with van der Waals surface area (Å²) in [7, 11) is 0. The molecule has 1 aromatic carbocycles. The molecule has 0 saturated heterocycles. The molecule has 0 aliphatic carbocycles. The second-order valence-electron chi connectivity index (χ2n) is 4.87. The molecule has 0 radical (unpaired) electrons. The Hall–Kier alpha value is -1.32. The molecule has 2 nitrogen and oxygen atoms in total. The van der Waals surface area contributed by atoms with E-state index in [1.165, 1.54) is 4.88 Å². The topological polar surface area (TPSA) is 29.5 Å². The van der Waals surface area contributed by atoms with Gasteiger partial charge in [0.15, 0.2) is 0 Å². The average Bonchev–Trinajstić information content (AvgIpc) is 2.89. The Morgan fingerprint density at radius 1 is 1.16 bits per heavy atom. The van der Waals surface area contributed by atoms with Gasteiger partial charge in [-0.3, -0.25) is 0 Å². The van der Waals surface area contributed by atoms with Crippen LogP contribution < -0.4 is 4.74 Å². The molecule has 0 spiro atoms. The number of hydrogen-bond acceptors (Lipinski definition) is 3. The van der Waals surface area contributed by atoms with Gasteiger partial charge >= 0.3 is 0 Å². The smallest absolute Gasteiger partial charge is 0.119 e. The third-order valence-corrected chi connectivity index (χ3v) is 3.82. The SMILES string of the molecule is CC(C)Oc1ccc(C(O)CCc2cccs2)cc1. The minimum absolute atomic E-state index is 0.176. The van der Waals surface area contributed by atoms with Crippen molar-refractivity contribution >= 4 is 11.3 Å². The molecule has 19 heavy (non-hydrogen) atoms. The van der Waals surface area contributed by atoms with Crippen molar-refractivity contribution < 1.29 is 9.84 Å². The van der Waals surface area contributed by atoms with Crippen LogP contribution in [0.15, 0.2) is 41.8 Å². The first-order valence-electron chi connectivity index (χ1n) is 6.62. The summed E-state index contributed by atoms with van der Waals surface area (Å²) in [6, 6.07) is 11.9. The molecule has 1 atom stereocenters. The summed E-state index contributed by atoms with van der Waals surface area (Å²) in [5.74, 6) is 0.851. The average molecular weight is 276 g/mol. The maximum atomic E-state index is 10.2. The maximum absolute atomic E-state index is 10.2. The van der Waals surface area contributed by atoms with Crippen molar-refractivity contribution in [1.82, 2.24) is 0 Å². The van der Waals surface area contributed by atoms with Gasteiger partial charge < -0.3 is 9.84 Å². The van der Waals surface area contributed by atoms with Crippen molar-refractivity contribution in [3.63, 3.8) is 0 Å². The zero-order valence-corrected chi connectivity index (χ0v) is 12.2. The van der Waals surface area contributed by atoms with Crippen LogP contribution in [0.25, 0.3) is 0 Å². The van der Waals surface area contributed by atoms with Crippen LogP contribution in [0.4, 0.5) is 0 Å². The Bertz CT molecular complexity index is 474. The number of ether oxygens (including phenoxy) is 1. The molecule has 0 fully saturated rings. The number of thiophene rings is 1. The summed E-state index contributed by atoms with van der Waals surface area (Å²) in [6.45, 7) is 4.01. The minimum Gasteiger partial charge on any atom is -0.491 e. The van der Waals surface area contributed by atoms with E-state index < -0.39 is 6.10 Å². The third kappa shape index (κ3) is 4.37. The highest BCUT2D eigenvalue weighted by molar-refractivity contribution is 7.09. The van der Waals surface area contributed by atoms with E-state index in [1.54, 1.807) is 11.3 Å². The van der Waals surface area contributed by atoms with E-state index in [9.17, 15) is 5.11 Å². The van der Waals surface area contributed by atoms with E-state index >= 15 is 0 Å². The first-order chi connectivity index (χ1) is 9.15. The van der Waals surface area contributed by atoms with Crippen molar-refractivity contribution in [2.45, 2.75) is 38.9 Å². The predicted octanol–water partition coefficient (Wildman–Crippen LogP) is 4.20. The zero-order chi connectivity index (χ0) is 13.7. The van der Waals surface area contributed by atoms with Gasteiger partial charge in [0.1, 0.15) is 5.75 Å². The van der Waals surface area contributed by atoms with Crippen molar-refractivity contribution in [3.05, 3.63) is 52.2 Å². The molecule has 2 rings (SSSR count). The van der Waals surface area contributed by atoms with E-state index in [2.05, 4.69) is 11.4 Å². The summed E-state index contributed by atoms with van der Waals surface area (Å²) in [5.41, 5.74) is 0.952. The van der Waals surface area contributed by atoms with Gasteiger partial charge in [0, 0.05) is 4.88 Å². The van der Waals surface area contributed by atoms with Gasteiger partial charge in [0.25, 0.3) is 0 Å². The first-order valence-corrected chi connectivity index (χ1v) is 7.50. The highest BCUT2D eigenvalue weighted by Crippen LogP contribution is 2.23. The van der Waals surface area contributed by atoms with Crippen molar-refractivity contribution in [1.29, 1.82) is 0 Å². The fraction of sp³-hybridized carbons (Fsp3) is 0.375. The van der Waals surface area contributed by atoms with Crippen LogP contribution in [-0.2, 0) is 6.42 Å². The van der Waals surface area contributed by atoms with Gasteiger partial charge in [0.05, 0.1) is 12.2 Å². The monoisotopic (exact) mass is 276 g/mol. The summed E-state index contributed by atoms with van der Waals surface area (Å²) < 4.78 is 5.59. The molecule has 2 aromatic rings. The Morgan fingerprint density at radius 3 is 2.47 bits per heavy atom. The molecule has 1 aromatic heterocycles. The van der Waals surface area contributed by atoms with E-state index in [4.69, 9.17) is 4.74 Å². The summed E-state index contributed by atoms with van der Waals surface area (Å²) in [5, 5.41) is 12.2. The van der Waals surface area contributed by atoms with Crippen LogP contribution in [0.5, 0.6) is 5.75 Å². The zero-order valence-electron chi connectivity index (χ0n) is 11.4. The Labute approximate surface area is 118 Å². The molecule has 102 valence electrons. The normalized spacial score (nSPS) is 12.6. The van der Waals surface area contributed by atoms with Gasteiger partial charge in [-0.1, -0.05) is 18.2 Å². The molecular formula is C16H20O2S. The fourth-order valence-corrected chi connectivity index (χ4v) is 2.67. The van der Waals surface area contributed by atoms with E-state index in [0.717, 1.165) is 24.2 Å². The Kier molecular flexibility index (Phi) is 5.00. The van der Waals surface area contributed by atoms with Crippen LogP contribution in [0, 0.1) is 0 Å². The van der Waals surface area contributed by atoms with Gasteiger partial charge in [-0.2, -0.15) is 0 Å². The summed E-state index contributed by atoms with van der Waals surface area (Å²) >= 11 is 1.74. The number of aliphatic hydroxyl groups excluding tert-OH is 1. The van der Waals surface area contributed by atoms with Crippen LogP contribution >= 0.6 is 11.3 Å². The van der Waals surface area contributed by atoms with Gasteiger partial charge in [-0.15, -0.1) is 11.3 Å². The van der Waals surface area contributed by atoms with Crippen molar-refractivity contribution in [2.24, 2.45) is 0 Å². The largest absolute Gasteiger partial charge is 0.491 e. The van der Waals surface area contributed by atoms with E-state index in [-0.39, 0.29) is 6.10 Å². The molecule has 1 unspecified atom stereocenters. The molecule has 0 aliphatic rings. The fourth-order valence-electron chi connectivity index (χ4n) is 1.94. The second-order valence-corrected chi connectivity index (χ2v) is 5.90. The summed E-state index contributed by atoms with van der Waals surface area (Å²) in [6.07, 6.45) is 1.44. The number of hydrogen-bond donors (Lipinski definition) is 1. The Balaban J connectivity index is 1.90. The molecule has 0 aliphatic heterocycles. The molecule has 0 amide bonds. The molecule has 0 saturated carbocycles. The molecule has 1 heterocycles. The number of aryl methyl sites for hydroxylation is 1. The van der Waals surface area contributed by atoms with E-state index in [1.807, 2.05) is 44.2 Å². The van der Waals surface area contributed by atoms with Gasteiger partial charge in [-0.25, -0.2) is 0 Å². The predicted molar refractivity (Wildman–Crippen MR) is 79.8 cm³/mol. The highest BCUT2D eigenvalue weighted by atomic mass is 32.1. The van der Waals surface area contributed by atoms with Crippen LogP contribution in [0.3, 0.4) is 0 Å². The standard InChI is InChI=1S/C16H20O2S/c1-12(2)18-14-7-5-13(6-8-14)16(17)10-9-15-4-3-11-19-15/h3-8,11-12,16-17H,9-10H2,1-2H3. The van der Waals surface area contributed by atoms with Crippen molar-refractivity contribution in [3.8, 4) is 5.75 Å².